The third-order valence-electron chi connectivity index (χ3n) is 4.40. The van der Waals surface area contributed by atoms with Crippen LogP contribution in [0, 0.1) is 0 Å². The molecule has 6 heteroatoms. The Kier molecular flexibility index (Phi) is 5.68. The molecular formula is C23H18ClN3O2. The van der Waals surface area contributed by atoms with Crippen LogP contribution in [0.3, 0.4) is 0 Å². The smallest absolute Gasteiger partial charge is 0.258 e. The average Bonchev–Trinajstić information content (AvgIpc) is 2.77. The maximum atomic E-state index is 12.0. The van der Waals surface area contributed by atoms with E-state index in [2.05, 4.69) is 15.3 Å². The van der Waals surface area contributed by atoms with E-state index in [0.717, 1.165) is 27.9 Å². The van der Waals surface area contributed by atoms with Crippen molar-refractivity contribution in [3.8, 4) is 17.0 Å². The van der Waals surface area contributed by atoms with Crippen LogP contribution in [-0.2, 0) is 11.3 Å². The quantitative estimate of drug-likeness (QED) is 0.509. The monoisotopic (exact) mass is 403 g/mol. The number of carbonyl (C=O) groups is 1. The zero-order valence-corrected chi connectivity index (χ0v) is 16.3. The summed E-state index contributed by atoms with van der Waals surface area (Å²) >= 11 is 6.09. The van der Waals surface area contributed by atoms with Crippen LogP contribution in [-0.4, -0.2) is 22.5 Å². The van der Waals surface area contributed by atoms with Gasteiger partial charge in [-0.2, -0.15) is 0 Å². The minimum Gasteiger partial charge on any atom is -0.484 e. The first-order valence-corrected chi connectivity index (χ1v) is 9.52. The van der Waals surface area contributed by atoms with Crippen molar-refractivity contribution in [2.45, 2.75) is 6.54 Å². The Morgan fingerprint density at radius 2 is 1.66 bits per heavy atom. The predicted molar refractivity (Wildman–Crippen MR) is 114 cm³/mol. The lowest BCUT2D eigenvalue weighted by Gasteiger charge is -2.09. The number of rotatable bonds is 6. The SMILES string of the molecule is O=C(COc1ccc(-c2cnc3ccccc3n2)cc1)NCc1ccccc1Cl. The Morgan fingerprint density at radius 1 is 0.931 bits per heavy atom. The number of hydrogen-bond donors (Lipinski definition) is 1. The molecular weight excluding hydrogens is 386 g/mol. The number of amides is 1. The summed E-state index contributed by atoms with van der Waals surface area (Å²) in [6.07, 6.45) is 1.75. The van der Waals surface area contributed by atoms with Crippen LogP contribution >= 0.6 is 11.6 Å². The van der Waals surface area contributed by atoms with Crippen molar-refractivity contribution in [2.24, 2.45) is 0 Å². The lowest BCUT2D eigenvalue weighted by Crippen LogP contribution is -2.28. The van der Waals surface area contributed by atoms with Gasteiger partial charge in [0, 0.05) is 17.1 Å². The number of nitrogens with zero attached hydrogens (tertiary/aromatic N) is 2. The van der Waals surface area contributed by atoms with Gasteiger partial charge in [-0.25, -0.2) is 4.98 Å². The molecule has 0 aliphatic rings. The van der Waals surface area contributed by atoms with Gasteiger partial charge in [0.25, 0.3) is 5.91 Å². The number of hydrogen-bond acceptors (Lipinski definition) is 4. The van der Waals surface area contributed by atoms with E-state index in [1.165, 1.54) is 0 Å². The van der Waals surface area contributed by atoms with Crippen LogP contribution in [0.1, 0.15) is 5.56 Å². The van der Waals surface area contributed by atoms with Gasteiger partial charge in [-0.15, -0.1) is 0 Å². The summed E-state index contributed by atoms with van der Waals surface area (Å²) in [6.45, 7) is 0.293. The predicted octanol–water partition coefficient (Wildman–Crippen LogP) is 4.65. The van der Waals surface area contributed by atoms with Crippen molar-refractivity contribution >= 4 is 28.5 Å². The molecule has 3 aromatic carbocycles. The van der Waals surface area contributed by atoms with E-state index < -0.39 is 0 Å². The van der Waals surface area contributed by atoms with Gasteiger partial charge in [0.05, 0.1) is 22.9 Å². The summed E-state index contributed by atoms with van der Waals surface area (Å²) in [6, 6.07) is 22.6. The van der Waals surface area contributed by atoms with E-state index in [0.29, 0.717) is 17.3 Å². The summed E-state index contributed by atoms with van der Waals surface area (Å²) in [5, 5.41) is 3.42. The standard InChI is InChI=1S/C23H18ClN3O2/c24-19-6-2-1-5-17(19)13-26-23(28)15-29-18-11-9-16(10-12-18)22-14-25-20-7-3-4-8-21(20)27-22/h1-12,14H,13,15H2,(H,26,28). The number of benzene rings is 3. The molecule has 1 amide bonds. The van der Waals surface area contributed by atoms with Gasteiger partial charge in [0.1, 0.15) is 5.75 Å². The second-order valence-corrected chi connectivity index (χ2v) is 6.83. The molecule has 4 aromatic rings. The zero-order chi connectivity index (χ0) is 20.1. The lowest BCUT2D eigenvalue weighted by molar-refractivity contribution is -0.123. The third-order valence-corrected chi connectivity index (χ3v) is 4.77. The van der Waals surface area contributed by atoms with E-state index >= 15 is 0 Å². The topological polar surface area (TPSA) is 64.1 Å². The highest BCUT2D eigenvalue weighted by molar-refractivity contribution is 6.31. The number of ether oxygens (including phenoxy) is 1. The van der Waals surface area contributed by atoms with E-state index in [4.69, 9.17) is 16.3 Å². The Balaban J connectivity index is 1.34. The number of halogens is 1. The molecule has 5 nitrogen and oxygen atoms in total. The van der Waals surface area contributed by atoms with Crippen LogP contribution in [0.4, 0.5) is 0 Å². The molecule has 1 heterocycles. The highest BCUT2D eigenvalue weighted by Gasteiger charge is 2.06. The number of nitrogens with one attached hydrogen (secondary N) is 1. The van der Waals surface area contributed by atoms with Crippen LogP contribution in [0.5, 0.6) is 5.75 Å². The number of aromatic nitrogens is 2. The average molecular weight is 404 g/mol. The van der Waals surface area contributed by atoms with Crippen LogP contribution in [0.25, 0.3) is 22.3 Å². The molecule has 0 spiro atoms. The molecule has 0 saturated heterocycles. The highest BCUT2D eigenvalue weighted by atomic mass is 35.5. The summed E-state index contributed by atoms with van der Waals surface area (Å²) < 4.78 is 5.57. The maximum Gasteiger partial charge on any atom is 0.258 e. The van der Waals surface area contributed by atoms with Gasteiger partial charge in [0.15, 0.2) is 6.61 Å². The molecule has 1 N–H and O–H groups in total. The van der Waals surface area contributed by atoms with Crippen molar-refractivity contribution in [2.75, 3.05) is 6.61 Å². The Labute approximate surface area is 173 Å². The van der Waals surface area contributed by atoms with Gasteiger partial charge in [-0.1, -0.05) is 41.9 Å². The molecule has 0 unspecified atom stereocenters. The Bertz CT molecular complexity index is 1150. The van der Waals surface area contributed by atoms with Gasteiger partial charge in [-0.3, -0.25) is 9.78 Å². The van der Waals surface area contributed by atoms with E-state index in [1.807, 2.05) is 66.7 Å². The largest absolute Gasteiger partial charge is 0.484 e. The van der Waals surface area contributed by atoms with Crippen LogP contribution < -0.4 is 10.1 Å². The minimum atomic E-state index is -0.214. The van der Waals surface area contributed by atoms with Gasteiger partial charge in [0.2, 0.25) is 0 Å². The van der Waals surface area contributed by atoms with Crippen molar-refractivity contribution in [1.82, 2.24) is 15.3 Å². The molecule has 0 aliphatic heterocycles. The molecule has 144 valence electrons. The minimum absolute atomic E-state index is 0.0699. The molecule has 1 aromatic heterocycles. The third kappa shape index (κ3) is 4.70. The van der Waals surface area contributed by atoms with Crippen molar-refractivity contribution < 1.29 is 9.53 Å². The van der Waals surface area contributed by atoms with Crippen molar-refractivity contribution in [3.63, 3.8) is 0 Å². The summed E-state index contributed by atoms with van der Waals surface area (Å²) in [4.78, 5) is 21.1. The number of carbonyl (C=O) groups excluding carboxylic acids is 1. The van der Waals surface area contributed by atoms with Crippen LogP contribution in [0.2, 0.25) is 5.02 Å². The molecule has 0 radical (unpaired) electrons. The van der Waals surface area contributed by atoms with Gasteiger partial charge >= 0.3 is 0 Å². The molecule has 0 saturated carbocycles. The molecule has 0 aliphatic carbocycles. The van der Waals surface area contributed by atoms with Crippen molar-refractivity contribution in [1.29, 1.82) is 0 Å². The molecule has 0 fully saturated rings. The van der Waals surface area contributed by atoms with Gasteiger partial charge in [-0.05, 0) is 48.0 Å². The molecule has 29 heavy (non-hydrogen) atoms. The highest BCUT2D eigenvalue weighted by Crippen LogP contribution is 2.22. The van der Waals surface area contributed by atoms with E-state index in [9.17, 15) is 4.79 Å². The molecule has 0 atom stereocenters. The first-order valence-electron chi connectivity index (χ1n) is 9.14. The second-order valence-electron chi connectivity index (χ2n) is 6.43. The van der Waals surface area contributed by atoms with Crippen LogP contribution in [0.15, 0.2) is 79.0 Å². The fourth-order valence-electron chi connectivity index (χ4n) is 2.85. The Morgan fingerprint density at radius 3 is 2.45 bits per heavy atom. The summed E-state index contributed by atoms with van der Waals surface area (Å²) in [5.41, 5.74) is 4.29. The second kappa shape index (κ2) is 8.71. The number of fused-ring (bicyclic) bond motifs is 1. The fraction of sp³-hybridized carbons (Fsp3) is 0.0870. The first kappa shape index (κ1) is 18.9. The summed E-state index contributed by atoms with van der Waals surface area (Å²) in [5.74, 6) is 0.393. The normalized spacial score (nSPS) is 10.7. The molecule has 0 bridgehead atoms. The summed E-state index contributed by atoms with van der Waals surface area (Å²) in [7, 11) is 0. The number of para-hydroxylation sites is 2. The van der Waals surface area contributed by atoms with Gasteiger partial charge < -0.3 is 10.1 Å². The zero-order valence-electron chi connectivity index (χ0n) is 15.5. The van der Waals surface area contributed by atoms with E-state index in [1.54, 1.807) is 12.3 Å². The Hall–Kier alpha value is -3.44. The van der Waals surface area contributed by atoms with E-state index in [-0.39, 0.29) is 12.5 Å². The first-order chi connectivity index (χ1) is 14.2. The fourth-order valence-corrected chi connectivity index (χ4v) is 3.06. The maximum absolute atomic E-state index is 12.0. The molecule has 4 rings (SSSR count). The van der Waals surface area contributed by atoms with Crippen molar-refractivity contribution in [3.05, 3.63) is 89.6 Å². The lowest BCUT2D eigenvalue weighted by atomic mass is 10.1.